The summed E-state index contributed by atoms with van der Waals surface area (Å²) in [4.78, 5) is 2.41. The molecule has 1 fully saturated rings. The molecule has 0 aliphatic carbocycles. The predicted octanol–water partition coefficient (Wildman–Crippen LogP) is 2.78. The highest BCUT2D eigenvalue weighted by atomic mass is 16.3. The van der Waals surface area contributed by atoms with Crippen LogP contribution in [-0.2, 0) is 6.54 Å². The van der Waals surface area contributed by atoms with Crippen molar-refractivity contribution in [1.29, 1.82) is 0 Å². The SMILES string of the molecule is CC1CN(c2ccccc2CNC(C)(C)C)CCC1O. The molecule has 2 atom stereocenters. The zero-order valence-corrected chi connectivity index (χ0v) is 13.2. The van der Waals surface area contributed by atoms with E-state index in [9.17, 15) is 5.11 Å². The molecule has 1 saturated heterocycles. The van der Waals surface area contributed by atoms with Crippen LogP contribution in [0.15, 0.2) is 24.3 Å². The molecule has 1 heterocycles. The summed E-state index contributed by atoms with van der Waals surface area (Å²) in [5.74, 6) is 0.340. The van der Waals surface area contributed by atoms with Crippen LogP contribution < -0.4 is 10.2 Å². The lowest BCUT2D eigenvalue weighted by Gasteiger charge is -2.37. The van der Waals surface area contributed by atoms with Gasteiger partial charge in [-0.15, -0.1) is 0 Å². The number of hydrogen-bond donors (Lipinski definition) is 2. The number of nitrogens with zero attached hydrogens (tertiary/aromatic N) is 1. The smallest absolute Gasteiger partial charge is 0.0599 e. The summed E-state index contributed by atoms with van der Waals surface area (Å²) in [5, 5.41) is 13.4. The molecule has 112 valence electrons. The van der Waals surface area contributed by atoms with Gasteiger partial charge in [-0.05, 0) is 44.7 Å². The van der Waals surface area contributed by atoms with E-state index in [1.54, 1.807) is 0 Å². The lowest BCUT2D eigenvalue weighted by Crippen LogP contribution is -2.42. The Morgan fingerprint density at radius 2 is 2.00 bits per heavy atom. The zero-order valence-electron chi connectivity index (χ0n) is 13.2. The first kappa shape index (κ1) is 15.3. The van der Waals surface area contributed by atoms with Crippen molar-refractivity contribution in [1.82, 2.24) is 5.32 Å². The average molecular weight is 276 g/mol. The lowest BCUT2D eigenvalue weighted by molar-refractivity contribution is 0.0970. The summed E-state index contributed by atoms with van der Waals surface area (Å²) in [6, 6.07) is 8.60. The quantitative estimate of drug-likeness (QED) is 0.891. The second-order valence-electron chi connectivity index (χ2n) is 7.01. The topological polar surface area (TPSA) is 35.5 Å². The molecule has 3 nitrogen and oxygen atoms in total. The van der Waals surface area contributed by atoms with Gasteiger partial charge in [-0.1, -0.05) is 25.1 Å². The Morgan fingerprint density at radius 1 is 1.30 bits per heavy atom. The van der Waals surface area contributed by atoms with Gasteiger partial charge in [-0.2, -0.15) is 0 Å². The van der Waals surface area contributed by atoms with Crippen molar-refractivity contribution in [2.45, 2.75) is 52.3 Å². The van der Waals surface area contributed by atoms with Crippen molar-refractivity contribution < 1.29 is 5.11 Å². The fourth-order valence-corrected chi connectivity index (χ4v) is 2.68. The minimum Gasteiger partial charge on any atom is -0.393 e. The van der Waals surface area contributed by atoms with Crippen LogP contribution in [0.4, 0.5) is 5.69 Å². The summed E-state index contributed by atoms with van der Waals surface area (Å²) in [6.45, 7) is 11.5. The molecule has 20 heavy (non-hydrogen) atoms. The third-order valence-electron chi connectivity index (χ3n) is 4.00. The van der Waals surface area contributed by atoms with E-state index in [-0.39, 0.29) is 11.6 Å². The first-order valence-electron chi connectivity index (χ1n) is 7.63. The van der Waals surface area contributed by atoms with E-state index in [2.05, 4.69) is 62.2 Å². The van der Waals surface area contributed by atoms with Crippen LogP contribution in [0.25, 0.3) is 0 Å². The van der Waals surface area contributed by atoms with Crippen LogP contribution in [-0.4, -0.2) is 29.8 Å². The predicted molar refractivity (Wildman–Crippen MR) is 85.0 cm³/mol. The number of rotatable bonds is 3. The van der Waals surface area contributed by atoms with Crippen LogP contribution in [0.1, 0.15) is 39.7 Å². The van der Waals surface area contributed by atoms with E-state index in [1.807, 2.05) is 0 Å². The molecule has 1 aromatic rings. The molecule has 0 saturated carbocycles. The van der Waals surface area contributed by atoms with Crippen LogP contribution >= 0.6 is 0 Å². The Balaban J connectivity index is 2.11. The Labute approximate surface area is 123 Å². The van der Waals surface area contributed by atoms with Crippen LogP contribution in [0.3, 0.4) is 0 Å². The first-order valence-corrected chi connectivity index (χ1v) is 7.63. The molecule has 1 aromatic carbocycles. The maximum Gasteiger partial charge on any atom is 0.0599 e. The molecule has 1 aliphatic rings. The van der Waals surface area contributed by atoms with E-state index < -0.39 is 0 Å². The Hall–Kier alpha value is -1.06. The number of benzene rings is 1. The highest BCUT2D eigenvalue weighted by Gasteiger charge is 2.25. The van der Waals surface area contributed by atoms with Gasteiger partial charge in [0.1, 0.15) is 0 Å². The number of nitrogens with one attached hydrogen (secondary N) is 1. The maximum absolute atomic E-state index is 9.88. The van der Waals surface area contributed by atoms with Crippen molar-refractivity contribution in [3.05, 3.63) is 29.8 Å². The molecule has 1 aliphatic heterocycles. The Kier molecular flexibility index (Phi) is 4.71. The monoisotopic (exact) mass is 276 g/mol. The van der Waals surface area contributed by atoms with Crippen molar-refractivity contribution in [2.75, 3.05) is 18.0 Å². The fraction of sp³-hybridized carbons (Fsp3) is 0.647. The average Bonchev–Trinajstić information content (AvgIpc) is 2.39. The number of piperidine rings is 1. The number of aliphatic hydroxyl groups excluding tert-OH is 1. The Bertz CT molecular complexity index is 439. The second kappa shape index (κ2) is 6.15. The molecule has 0 spiro atoms. The first-order chi connectivity index (χ1) is 9.37. The van der Waals surface area contributed by atoms with Crippen LogP contribution in [0, 0.1) is 5.92 Å². The third kappa shape index (κ3) is 3.97. The molecule has 3 heteroatoms. The van der Waals surface area contributed by atoms with E-state index in [0.29, 0.717) is 5.92 Å². The molecule has 2 unspecified atom stereocenters. The minimum atomic E-state index is -0.147. The summed E-state index contributed by atoms with van der Waals surface area (Å²) < 4.78 is 0. The maximum atomic E-state index is 9.88. The largest absolute Gasteiger partial charge is 0.393 e. The van der Waals surface area contributed by atoms with E-state index in [1.165, 1.54) is 11.3 Å². The van der Waals surface area contributed by atoms with Gasteiger partial charge in [0.2, 0.25) is 0 Å². The van der Waals surface area contributed by atoms with Crippen molar-refractivity contribution in [3.8, 4) is 0 Å². The molecule has 2 rings (SSSR count). The van der Waals surface area contributed by atoms with Gasteiger partial charge >= 0.3 is 0 Å². The minimum absolute atomic E-state index is 0.124. The highest BCUT2D eigenvalue weighted by Crippen LogP contribution is 2.26. The van der Waals surface area contributed by atoms with E-state index >= 15 is 0 Å². The summed E-state index contributed by atoms with van der Waals surface area (Å²) >= 11 is 0. The van der Waals surface area contributed by atoms with Gasteiger partial charge in [0.05, 0.1) is 6.10 Å². The molecule has 0 bridgehead atoms. The van der Waals surface area contributed by atoms with Gasteiger partial charge in [-0.3, -0.25) is 0 Å². The fourth-order valence-electron chi connectivity index (χ4n) is 2.68. The highest BCUT2D eigenvalue weighted by molar-refractivity contribution is 5.54. The normalized spacial score (nSPS) is 23.9. The summed E-state index contributed by atoms with van der Waals surface area (Å²) in [7, 11) is 0. The molecule has 2 N–H and O–H groups in total. The van der Waals surface area contributed by atoms with Gasteiger partial charge < -0.3 is 15.3 Å². The van der Waals surface area contributed by atoms with Crippen LogP contribution in [0.5, 0.6) is 0 Å². The summed E-state index contributed by atoms with van der Waals surface area (Å²) in [5.41, 5.74) is 2.77. The van der Waals surface area contributed by atoms with Crippen molar-refractivity contribution in [3.63, 3.8) is 0 Å². The number of anilines is 1. The second-order valence-corrected chi connectivity index (χ2v) is 7.01. The van der Waals surface area contributed by atoms with Crippen LogP contribution in [0.2, 0.25) is 0 Å². The molecule has 0 amide bonds. The van der Waals surface area contributed by atoms with E-state index in [0.717, 1.165) is 26.1 Å². The van der Waals surface area contributed by atoms with E-state index in [4.69, 9.17) is 0 Å². The molecular formula is C17H28N2O. The number of para-hydroxylation sites is 1. The van der Waals surface area contributed by atoms with Gasteiger partial charge in [-0.25, -0.2) is 0 Å². The van der Waals surface area contributed by atoms with Gasteiger partial charge in [0, 0.05) is 30.9 Å². The lowest BCUT2D eigenvalue weighted by atomic mass is 9.95. The van der Waals surface area contributed by atoms with Gasteiger partial charge in [0.25, 0.3) is 0 Å². The molecular weight excluding hydrogens is 248 g/mol. The van der Waals surface area contributed by atoms with Gasteiger partial charge in [0.15, 0.2) is 0 Å². The molecule has 0 radical (unpaired) electrons. The zero-order chi connectivity index (χ0) is 14.8. The van der Waals surface area contributed by atoms with Crippen molar-refractivity contribution >= 4 is 5.69 Å². The Morgan fingerprint density at radius 3 is 2.65 bits per heavy atom. The molecule has 0 aromatic heterocycles. The summed E-state index contributed by atoms with van der Waals surface area (Å²) in [6.07, 6.45) is 0.716. The number of aliphatic hydroxyl groups is 1. The third-order valence-corrected chi connectivity index (χ3v) is 4.00. The standard InChI is InChI=1S/C17H28N2O/c1-13-12-19(10-9-16(13)20)15-8-6-5-7-14(15)11-18-17(2,3)4/h5-8,13,16,18,20H,9-12H2,1-4H3. The number of hydrogen-bond acceptors (Lipinski definition) is 3. The van der Waals surface area contributed by atoms with Crippen molar-refractivity contribution in [2.24, 2.45) is 5.92 Å².